The van der Waals surface area contributed by atoms with Crippen LogP contribution in [0.3, 0.4) is 0 Å². The normalized spacial score (nSPS) is 10.9. The molecule has 0 atom stereocenters. The molecule has 4 nitrogen and oxygen atoms in total. The molecule has 3 rings (SSSR count). The van der Waals surface area contributed by atoms with Crippen LogP contribution < -0.4 is 5.32 Å². The van der Waals surface area contributed by atoms with Gasteiger partial charge in [0.15, 0.2) is 0 Å². The van der Waals surface area contributed by atoms with Crippen molar-refractivity contribution in [2.75, 3.05) is 12.4 Å². The molecule has 0 saturated heterocycles. The van der Waals surface area contributed by atoms with E-state index >= 15 is 0 Å². The fourth-order valence-corrected chi connectivity index (χ4v) is 3.49. The van der Waals surface area contributed by atoms with Crippen LogP contribution in [-0.2, 0) is 0 Å². The summed E-state index contributed by atoms with van der Waals surface area (Å²) in [5.41, 5.74) is 3.05. The molecule has 6 heteroatoms. The summed E-state index contributed by atoms with van der Waals surface area (Å²) < 4.78 is 4.36. The predicted molar refractivity (Wildman–Crippen MR) is 72.8 cm³/mol. The van der Waals surface area contributed by atoms with Crippen molar-refractivity contribution in [3.8, 4) is 10.6 Å². The lowest BCUT2D eigenvalue weighted by molar-refractivity contribution is 1.33. The number of aryl methyl sites for hydroxylation is 1. The number of rotatable bonds is 2. The third-order valence-electron chi connectivity index (χ3n) is 2.47. The van der Waals surface area contributed by atoms with Gasteiger partial charge >= 0.3 is 0 Å². The van der Waals surface area contributed by atoms with Gasteiger partial charge in [-0.05, 0) is 30.6 Å². The summed E-state index contributed by atoms with van der Waals surface area (Å²) in [6.45, 7) is 2.01. The van der Waals surface area contributed by atoms with Gasteiger partial charge in [0.1, 0.15) is 20.4 Å². The van der Waals surface area contributed by atoms with Crippen molar-refractivity contribution in [2.45, 2.75) is 6.92 Å². The quantitative estimate of drug-likeness (QED) is 0.770. The molecule has 3 aromatic rings. The number of nitrogens with one attached hydrogen (secondary N) is 1. The van der Waals surface area contributed by atoms with E-state index in [1.165, 1.54) is 11.5 Å². The molecule has 0 amide bonds. The van der Waals surface area contributed by atoms with E-state index in [9.17, 15) is 0 Å². The van der Waals surface area contributed by atoms with E-state index < -0.39 is 0 Å². The zero-order chi connectivity index (χ0) is 11.8. The fraction of sp³-hybridized carbons (Fsp3) is 0.182. The van der Waals surface area contributed by atoms with Gasteiger partial charge < -0.3 is 5.32 Å². The maximum Gasteiger partial charge on any atom is 0.143 e. The Morgan fingerprint density at radius 2 is 2.24 bits per heavy atom. The van der Waals surface area contributed by atoms with Crippen molar-refractivity contribution < 1.29 is 0 Å². The summed E-state index contributed by atoms with van der Waals surface area (Å²) in [6.07, 6.45) is 1.79. The minimum absolute atomic E-state index is 0.945. The van der Waals surface area contributed by atoms with Crippen LogP contribution in [0.25, 0.3) is 20.9 Å². The van der Waals surface area contributed by atoms with Gasteiger partial charge in [-0.25, -0.2) is 9.97 Å². The number of hydrogen-bond donors (Lipinski definition) is 1. The van der Waals surface area contributed by atoms with E-state index in [2.05, 4.69) is 19.7 Å². The van der Waals surface area contributed by atoms with Crippen molar-refractivity contribution in [3.05, 3.63) is 24.0 Å². The highest BCUT2D eigenvalue weighted by atomic mass is 32.1. The number of fused-ring (bicyclic) bond motifs is 1. The van der Waals surface area contributed by atoms with Crippen molar-refractivity contribution in [1.82, 2.24) is 14.3 Å². The highest BCUT2D eigenvalue weighted by Crippen LogP contribution is 2.37. The molecule has 0 radical (unpaired) electrons. The second kappa shape index (κ2) is 4.05. The van der Waals surface area contributed by atoms with E-state index in [-0.39, 0.29) is 0 Å². The molecule has 17 heavy (non-hydrogen) atoms. The third-order valence-corrected chi connectivity index (χ3v) is 4.42. The van der Waals surface area contributed by atoms with E-state index in [0.717, 1.165) is 31.6 Å². The van der Waals surface area contributed by atoms with Crippen molar-refractivity contribution in [3.63, 3.8) is 0 Å². The van der Waals surface area contributed by atoms with Crippen LogP contribution in [-0.4, -0.2) is 21.4 Å². The summed E-state index contributed by atoms with van der Waals surface area (Å²) in [4.78, 5) is 9.89. The summed E-state index contributed by atoms with van der Waals surface area (Å²) in [5, 5.41) is 5.20. The molecule has 0 unspecified atom stereocenters. The topological polar surface area (TPSA) is 50.7 Å². The standard InChI is InChI=1S/C11H10N4S2/c1-6-8(10(12-2)17-15-6)11-14-7-4-3-5-13-9(7)16-11/h3-5,12H,1-2H3. The second-order valence-electron chi connectivity index (χ2n) is 3.57. The van der Waals surface area contributed by atoms with Gasteiger partial charge in [0.2, 0.25) is 0 Å². The first-order valence-corrected chi connectivity index (χ1v) is 6.74. The highest BCUT2D eigenvalue weighted by molar-refractivity contribution is 7.21. The van der Waals surface area contributed by atoms with Gasteiger partial charge in [-0.1, -0.05) is 11.3 Å². The summed E-state index contributed by atoms with van der Waals surface area (Å²) in [7, 11) is 1.90. The van der Waals surface area contributed by atoms with E-state index in [0.29, 0.717) is 0 Å². The van der Waals surface area contributed by atoms with Crippen LogP contribution >= 0.6 is 22.9 Å². The monoisotopic (exact) mass is 262 g/mol. The summed E-state index contributed by atoms with van der Waals surface area (Å²) >= 11 is 3.07. The van der Waals surface area contributed by atoms with E-state index in [1.807, 2.05) is 26.1 Å². The Kier molecular flexibility index (Phi) is 2.53. The van der Waals surface area contributed by atoms with Gasteiger partial charge in [-0.2, -0.15) is 4.37 Å². The summed E-state index contributed by atoms with van der Waals surface area (Å²) in [6, 6.07) is 3.89. The van der Waals surface area contributed by atoms with Crippen molar-refractivity contribution >= 4 is 38.2 Å². The molecule has 0 aliphatic rings. The first-order valence-electron chi connectivity index (χ1n) is 5.15. The number of aromatic nitrogens is 3. The van der Waals surface area contributed by atoms with Gasteiger partial charge in [0.05, 0.1) is 11.3 Å². The Bertz CT molecular complexity index is 638. The van der Waals surface area contributed by atoms with Crippen molar-refractivity contribution in [2.24, 2.45) is 0 Å². The van der Waals surface area contributed by atoms with Crippen LogP contribution in [0.5, 0.6) is 0 Å². The average molecular weight is 262 g/mol. The summed E-state index contributed by atoms with van der Waals surface area (Å²) in [5.74, 6) is 0. The lowest BCUT2D eigenvalue weighted by Crippen LogP contribution is -1.87. The first kappa shape index (κ1) is 10.6. The molecule has 0 spiro atoms. The number of hydrogen-bond acceptors (Lipinski definition) is 6. The van der Waals surface area contributed by atoms with Crippen LogP contribution in [0.1, 0.15) is 5.69 Å². The Labute approximate surface area is 107 Å². The highest BCUT2D eigenvalue weighted by Gasteiger charge is 2.16. The average Bonchev–Trinajstić information content (AvgIpc) is 2.91. The van der Waals surface area contributed by atoms with Gasteiger partial charge in [0, 0.05) is 13.2 Å². The maximum atomic E-state index is 4.61. The van der Waals surface area contributed by atoms with Gasteiger partial charge in [0.25, 0.3) is 0 Å². The Morgan fingerprint density at radius 3 is 3.00 bits per heavy atom. The molecule has 0 aliphatic carbocycles. The van der Waals surface area contributed by atoms with Crippen LogP contribution in [0.2, 0.25) is 0 Å². The smallest absolute Gasteiger partial charge is 0.143 e. The SMILES string of the molecule is CNc1snc(C)c1-c1nc2cccnc2s1. The largest absolute Gasteiger partial charge is 0.378 e. The molecule has 0 aromatic carbocycles. The van der Waals surface area contributed by atoms with Gasteiger partial charge in [-0.3, -0.25) is 0 Å². The van der Waals surface area contributed by atoms with E-state index in [4.69, 9.17) is 0 Å². The molecule has 0 bridgehead atoms. The number of nitrogens with zero attached hydrogens (tertiary/aromatic N) is 3. The predicted octanol–water partition coefficient (Wildman–Crippen LogP) is 3.16. The van der Waals surface area contributed by atoms with Crippen LogP contribution in [0.4, 0.5) is 5.00 Å². The Morgan fingerprint density at radius 1 is 1.35 bits per heavy atom. The minimum atomic E-state index is 0.945. The number of anilines is 1. The first-order chi connectivity index (χ1) is 8.29. The van der Waals surface area contributed by atoms with E-state index in [1.54, 1.807) is 17.5 Å². The lowest BCUT2D eigenvalue weighted by atomic mass is 10.2. The molecule has 1 N–H and O–H groups in total. The number of pyridine rings is 1. The maximum absolute atomic E-state index is 4.61. The molecule has 0 saturated carbocycles. The van der Waals surface area contributed by atoms with Crippen LogP contribution in [0.15, 0.2) is 18.3 Å². The fourth-order valence-electron chi connectivity index (χ4n) is 1.67. The zero-order valence-corrected chi connectivity index (χ0v) is 11.0. The Balaban J connectivity index is 2.23. The molecule has 86 valence electrons. The second-order valence-corrected chi connectivity index (χ2v) is 5.32. The molecule has 0 aliphatic heterocycles. The third kappa shape index (κ3) is 1.69. The molecule has 0 fully saturated rings. The Hall–Kier alpha value is -1.53. The number of thiazole rings is 1. The van der Waals surface area contributed by atoms with Crippen LogP contribution in [0, 0.1) is 6.92 Å². The van der Waals surface area contributed by atoms with Crippen molar-refractivity contribution in [1.29, 1.82) is 0 Å². The molecule has 3 heterocycles. The zero-order valence-electron chi connectivity index (χ0n) is 9.39. The molecular formula is C11H10N4S2. The van der Waals surface area contributed by atoms with Gasteiger partial charge in [-0.15, -0.1) is 0 Å². The molecular weight excluding hydrogens is 252 g/mol. The molecule has 3 aromatic heterocycles. The minimum Gasteiger partial charge on any atom is -0.378 e. The lowest BCUT2D eigenvalue weighted by Gasteiger charge is -1.98.